The first-order valence-corrected chi connectivity index (χ1v) is 7.80. The summed E-state index contributed by atoms with van der Waals surface area (Å²) in [4.78, 5) is 11.8. The van der Waals surface area contributed by atoms with Gasteiger partial charge < -0.3 is 4.74 Å². The van der Waals surface area contributed by atoms with Crippen LogP contribution < -0.4 is 9.30 Å². The number of hydrogen-bond acceptors (Lipinski definition) is 2. The molecule has 3 heteroatoms. The van der Waals surface area contributed by atoms with Crippen LogP contribution in [0.15, 0.2) is 36.5 Å². The number of esters is 1. The van der Waals surface area contributed by atoms with E-state index in [9.17, 15) is 4.79 Å². The number of hydrogen-bond donors (Lipinski definition) is 0. The smallest absolute Gasteiger partial charge is 0.311 e. The monoisotopic (exact) mass is 286 g/mol. The van der Waals surface area contributed by atoms with Crippen LogP contribution in [-0.2, 0) is 11.8 Å². The molecule has 21 heavy (non-hydrogen) atoms. The van der Waals surface area contributed by atoms with E-state index in [4.69, 9.17) is 4.74 Å². The molecule has 112 valence electrons. The molecule has 0 N–H and O–H groups in total. The molecule has 0 unspecified atom stereocenters. The number of aromatic nitrogens is 1. The Morgan fingerprint density at radius 1 is 1.14 bits per heavy atom. The van der Waals surface area contributed by atoms with E-state index in [0.29, 0.717) is 12.2 Å². The summed E-state index contributed by atoms with van der Waals surface area (Å²) in [6, 6.07) is 9.82. The SMILES string of the molecule is CCCCCCCC(=O)Oc1ccc2ccc[n+](C)c2c1. The fourth-order valence-electron chi connectivity index (χ4n) is 2.44. The minimum atomic E-state index is -0.135. The molecule has 0 saturated heterocycles. The minimum absolute atomic E-state index is 0.135. The molecule has 2 aromatic rings. The lowest BCUT2D eigenvalue weighted by atomic mass is 10.1. The van der Waals surface area contributed by atoms with Gasteiger partial charge in [0.15, 0.2) is 6.20 Å². The highest BCUT2D eigenvalue weighted by Crippen LogP contribution is 2.18. The summed E-state index contributed by atoms with van der Waals surface area (Å²) in [5.41, 5.74) is 1.06. The van der Waals surface area contributed by atoms with Crippen molar-refractivity contribution in [2.24, 2.45) is 7.05 Å². The normalized spacial score (nSPS) is 10.8. The molecule has 0 aliphatic heterocycles. The first-order valence-electron chi connectivity index (χ1n) is 7.80. The summed E-state index contributed by atoms with van der Waals surface area (Å²) in [5, 5.41) is 1.14. The van der Waals surface area contributed by atoms with Gasteiger partial charge in [-0.2, -0.15) is 0 Å². The molecular weight excluding hydrogens is 262 g/mol. The van der Waals surface area contributed by atoms with Gasteiger partial charge in [0.25, 0.3) is 0 Å². The van der Waals surface area contributed by atoms with Crippen molar-refractivity contribution < 1.29 is 14.1 Å². The molecule has 1 aromatic carbocycles. The first kappa shape index (κ1) is 15.5. The van der Waals surface area contributed by atoms with Crippen LogP contribution in [0.4, 0.5) is 0 Å². The van der Waals surface area contributed by atoms with E-state index in [1.165, 1.54) is 19.3 Å². The van der Waals surface area contributed by atoms with Crippen molar-refractivity contribution in [2.45, 2.75) is 45.4 Å². The highest BCUT2D eigenvalue weighted by atomic mass is 16.5. The molecule has 3 nitrogen and oxygen atoms in total. The minimum Gasteiger partial charge on any atom is -0.426 e. The van der Waals surface area contributed by atoms with Crippen molar-refractivity contribution in [3.63, 3.8) is 0 Å². The van der Waals surface area contributed by atoms with Gasteiger partial charge in [0, 0.05) is 17.9 Å². The summed E-state index contributed by atoms with van der Waals surface area (Å²) in [7, 11) is 1.99. The largest absolute Gasteiger partial charge is 0.426 e. The van der Waals surface area contributed by atoms with Gasteiger partial charge in [-0.25, -0.2) is 4.57 Å². The van der Waals surface area contributed by atoms with Gasteiger partial charge in [-0.15, -0.1) is 0 Å². The number of carbonyl (C=O) groups is 1. The maximum atomic E-state index is 11.8. The zero-order chi connectivity index (χ0) is 15.1. The molecule has 1 aromatic heterocycles. The second-order valence-corrected chi connectivity index (χ2v) is 5.48. The summed E-state index contributed by atoms with van der Waals surface area (Å²) < 4.78 is 7.46. The van der Waals surface area contributed by atoms with E-state index in [0.717, 1.165) is 23.7 Å². The van der Waals surface area contributed by atoms with Gasteiger partial charge in [-0.1, -0.05) is 32.6 Å². The van der Waals surface area contributed by atoms with Gasteiger partial charge >= 0.3 is 5.97 Å². The second kappa shape index (κ2) is 7.77. The fourth-order valence-corrected chi connectivity index (χ4v) is 2.44. The number of ether oxygens (including phenoxy) is 1. The Hall–Kier alpha value is -1.90. The number of nitrogens with zero attached hydrogens (tertiary/aromatic N) is 1. The van der Waals surface area contributed by atoms with Crippen LogP contribution in [0.3, 0.4) is 0 Å². The molecule has 0 amide bonds. The Morgan fingerprint density at radius 3 is 2.76 bits per heavy atom. The Morgan fingerprint density at radius 2 is 1.95 bits per heavy atom. The van der Waals surface area contributed by atoms with Gasteiger partial charge in [0.1, 0.15) is 12.8 Å². The van der Waals surface area contributed by atoms with Crippen molar-refractivity contribution in [1.82, 2.24) is 0 Å². The summed E-state index contributed by atoms with van der Waals surface area (Å²) in [6.07, 6.45) is 8.19. The maximum absolute atomic E-state index is 11.8. The van der Waals surface area contributed by atoms with Crippen molar-refractivity contribution in [3.8, 4) is 5.75 Å². The third-order valence-electron chi connectivity index (χ3n) is 3.68. The van der Waals surface area contributed by atoms with E-state index in [1.807, 2.05) is 42.1 Å². The van der Waals surface area contributed by atoms with Crippen molar-refractivity contribution in [1.29, 1.82) is 0 Å². The maximum Gasteiger partial charge on any atom is 0.311 e. The number of rotatable bonds is 7. The highest BCUT2D eigenvalue weighted by Gasteiger charge is 2.09. The number of pyridine rings is 1. The molecule has 1 heterocycles. The van der Waals surface area contributed by atoms with Crippen molar-refractivity contribution in [2.75, 3.05) is 0 Å². The second-order valence-electron chi connectivity index (χ2n) is 5.48. The van der Waals surface area contributed by atoms with Crippen LogP contribution in [0, 0.1) is 0 Å². The van der Waals surface area contributed by atoms with Gasteiger partial charge in [-0.3, -0.25) is 4.79 Å². The van der Waals surface area contributed by atoms with Crippen LogP contribution in [-0.4, -0.2) is 5.97 Å². The molecule has 0 spiro atoms. The summed E-state index contributed by atoms with van der Waals surface area (Å²) in [6.45, 7) is 2.19. The summed E-state index contributed by atoms with van der Waals surface area (Å²) >= 11 is 0. The lowest BCUT2D eigenvalue weighted by molar-refractivity contribution is -0.644. The molecule has 0 fully saturated rings. The fraction of sp³-hybridized carbons (Fsp3) is 0.444. The molecule has 0 bridgehead atoms. The average molecular weight is 286 g/mol. The average Bonchev–Trinajstić information content (AvgIpc) is 2.48. The molecular formula is C18H24NO2+. The topological polar surface area (TPSA) is 30.2 Å². The van der Waals surface area contributed by atoms with E-state index >= 15 is 0 Å². The quantitative estimate of drug-likeness (QED) is 0.334. The van der Waals surface area contributed by atoms with Gasteiger partial charge in [0.05, 0.1) is 6.07 Å². The predicted molar refractivity (Wildman–Crippen MR) is 84.1 cm³/mol. The number of carbonyl (C=O) groups excluding carboxylic acids is 1. The molecule has 0 saturated carbocycles. The first-order chi connectivity index (χ1) is 10.2. The van der Waals surface area contributed by atoms with E-state index < -0.39 is 0 Å². The van der Waals surface area contributed by atoms with E-state index in [2.05, 4.69) is 13.0 Å². The Labute approximate surface area is 126 Å². The Bertz CT molecular complexity index is 607. The zero-order valence-electron chi connectivity index (χ0n) is 13.0. The van der Waals surface area contributed by atoms with Crippen molar-refractivity contribution >= 4 is 16.9 Å². The molecule has 0 aliphatic rings. The highest BCUT2D eigenvalue weighted by molar-refractivity contribution is 5.79. The molecule has 0 radical (unpaired) electrons. The van der Waals surface area contributed by atoms with Crippen LogP contribution in [0.1, 0.15) is 45.4 Å². The van der Waals surface area contributed by atoms with Gasteiger partial charge in [-0.05, 0) is 24.6 Å². The third kappa shape index (κ3) is 4.55. The molecule has 2 rings (SSSR count). The van der Waals surface area contributed by atoms with E-state index in [1.54, 1.807) is 0 Å². The Kier molecular flexibility index (Phi) is 5.73. The lowest BCUT2D eigenvalue weighted by Gasteiger charge is -2.05. The van der Waals surface area contributed by atoms with E-state index in [-0.39, 0.29) is 5.97 Å². The zero-order valence-corrected chi connectivity index (χ0v) is 13.0. The Balaban J connectivity index is 1.90. The van der Waals surface area contributed by atoms with Crippen LogP contribution in [0.5, 0.6) is 5.75 Å². The number of benzene rings is 1. The van der Waals surface area contributed by atoms with Gasteiger partial charge in [0.2, 0.25) is 5.52 Å². The van der Waals surface area contributed by atoms with Crippen LogP contribution in [0.25, 0.3) is 10.9 Å². The predicted octanol–water partition coefficient (Wildman–Crippen LogP) is 3.93. The van der Waals surface area contributed by atoms with Crippen LogP contribution in [0.2, 0.25) is 0 Å². The molecule has 0 aliphatic carbocycles. The lowest BCUT2D eigenvalue weighted by Crippen LogP contribution is -2.27. The summed E-state index contributed by atoms with van der Waals surface area (Å²) in [5.74, 6) is 0.493. The van der Waals surface area contributed by atoms with Crippen LogP contribution >= 0.6 is 0 Å². The standard InChI is InChI=1S/C18H24NO2/c1-3-4-5-6-7-10-18(20)21-16-12-11-15-9-8-13-19(2)17(15)14-16/h8-9,11-14H,3-7,10H2,1-2H3/q+1. The van der Waals surface area contributed by atoms with Crippen molar-refractivity contribution in [3.05, 3.63) is 36.5 Å². The number of fused-ring (bicyclic) bond motifs is 1. The number of aryl methyl sites for hydroxylation is 1. The molecule has 0 atom stereocenters. The third-order valence-corrected chi connectivity index (χ3v) is 3.68. The number of unbranched alkanes of at least 4 members (excludes halogenated alkanes) is 4.